The summed E-state index contributed by atoms with van der Waals surface area (Å²) in [6.07, 6.45) is -4.50. The number of hydrogen-bond acceptors (Lipinski definition) is 2. The van der Waals surface area contributed by atoms with Crippen molar-refractivity contribution >= 4 is 82.4 Å². The zero-order valence-corrected chi connectivity index (χ0v) is 34.0. The molecular weight excluding hydrogens is 798 g/mol. The molecule has 6 heteroatoms. The van der Waals surface area contributed by atoms with Gasteiger partial charge in [-0.15, -0.1) is 0 Å². The summed E-state index contributed by atoms with van der Waals surface area (Å²) in [4.78, 5) is 2.11. The van der Waals surface area contributed by atoms with Gasteiger partial charge >= 0.3 is 6.18 Å². The SMILES string of the molecule is FC(F)(F)c1ccc(N(c2cc3c(c4ccccc24)-c2c(ccc4ccccc24)C32c3ccccc3-n3c4ccccc4c4cccc2c43)c2cccc3c2oc2ccccc23)cc1. The summed E-state index contributed by atoms with van der Waals surface area (Å²) in [6.45, 7) is 0. The van der Waals surface area contributed by atoms with E-state index in [0.29, 0.717) is 11.3 Å². The average molecular weight is 831 g/mol. The molecular formula is C58H33F3N2O. The fraction of sp³-hybridized carbons (Fsp3) is 0.0345. The fourth-order valence-electron chi connectivity index (χ4n) is 11.5. The number of furan rings is 1. The van der Waals surface area contributed by atoms with E-state index in [2.05, 4.69) is 143 Å². The lowest BCUT2D eigenvalue weighted by atomic mass is 9.65. The van der Waals surface area contributed by atoms with E-state index in [1.807, 2.05) is 42.5 Å². The number of nitrogens with zero attached hydrogens (tertiary/aromatic N) is 2. The molecule has 2 aromatic heterocycles. The van der Waals surface area contributed by atoms with Gasteiger partial charge in [0.15, 0.2) is 5.58 Å². The molecule has 0 radical (unpaired) electrons. The lowest BCUT2D eigenvalue weighted by Crippen LogP contribution is -2.33. The standard InChI is InChI=1S/C58H33F3N2O/c59-58(60,61)35-28-30-36(31-29-35)62(50-25-12-20-43-40-17-6-10-26-52(40)64-56(43)50)51-33-47-54(41-18-4-3-15-38(41)51)53-37-14-2-1-13-34(37)27-32-45(53)57(47)44-21-7-9-24-49(44)63-48-23-8-5-16-39(48)42-19-11-22-46(57)55(42)63/h1-33H. The normalized spacial score (nSPS) is 15.2. The van der Waals surface area contributed by atoms with Crippen LogP contribution in [0.5, 0.6) is 0 Å². The maximum Gasteiger partial charge on any atom is 0.416 e. The highest BCUT2D eigenvalue weighted by atomic mass is 19.4. The van der Waals surface area contributed by atoms with Crippen molar-refractivity contribution in [2.24, 2.45) is 0 Å². The lowest BCUT2D eigenvalue weighted by molar-refractivity contribution is -0.137. The Morgan fingerprint density at radius 2 is 1.09 bits per heavy atom. The minimum Gasteiger partial charge on any atom is -0.454 e. The van der Waals surface area contributed by atoms with E-state index < -0.39 is 17.2 Å². The Morgan fingerprint density at radius 3 is 1.94 bits per heavy atom. The summed E-state index contributed by atoms with van der Waals surface area (Å²) in [5.41, 5.74) is 12.4. The van der Waals surface area contributed by atoms with Crippen molar-refractivity contribution in [1.82, 2.24) is 4.57 Å². The second-order valence-electron chi connectivity index (χ2n) is 17.0. The van der Waals surface area contributed by atoms with Crippen LogP contribution in [0.2, 0.25) is 0 Å². The van der Waals surface area contributed by atoms with E-state index in [9.17, 15) is 13.2 Å². The van der Waals surface area contributed by atoms with Crippen molar-refractivity contribution in [1.29, 1.82) is 0 Å². The summed E-state index contributed by atoms with van der Waals surface area (Å²) in [5, 5.41) is 8.59. The van der Waals surface area contributed by atoms with Crippen molar-refractivity contribution in [3.8, 4) is 16.8 Å². The summed E-state index contributed by atoms with van der Waals surface area (Å²) < 4.78 is 51.9. The summed E-state index contributed by atoms with van der Waals surface area (Å²) in [7, 11) is 0. The molecule has 3 heterocycles. The van der Waals surface area contributed by atoms with Crippen LogP contribution in [0, 0.1) is 0 Å². The second kappa shape index (κ2) is 12.5. The Hall–Kier alpha value is -8.09. The first-order chi connectivity index (χ1) is 31.4. The molecule has 0 saturated carbocycles. The molecule has 0 fully saturated rings. The minimum absolute atomic E-state index is 0.576. The molecule has 0 saturated heterocycles. The maximum absolute atomic E-state index is 14.3. The third-order valence-corrected chi connectivity index (χ3v) is 14.0. The van der Waals surface area contributed by atoms with Crippen LogP contribution < -0.4 is 4.90 Å². The van der Waals surface area contributed by atoms with Gasteiger partial charge in [0, 0.05) is 32.6 Å². The number of halogens is 3. The molecule has 302 valence electrons. The topological polar surface area (TPSA) is 21.3 Å². The summed E-state index contributed by atoms with van der Waals surface area (Å²) in [5.74, 6) is 0. The molecule has 14 rings (SSSR count). The van der Waals surface area contributed by atoms with E-state index in [4.69, 9.17) is 4.42 Å². The molecule has 10 aromatic carbocycles. The van der Waals surface area contributed by atoms with E-state index >= 15 is 0 Å². The van der Waals surface area contributed by atoms with E-state index in [1.54, 1.807) is 12.1 Å². The van der Waals surface area contributed by atoms with Gasteiger partial charge in [0.2, 0.25) is 0 Å². The number of alkyl halides is 3. The molecule has 0 amide bonds. The molecule has 3 nitrogen and oxygen atoms in total. The maximum atomic E-state index is 14.3. The van der Waals surface area contributed by atoms with Gasteiger partial charge < -0.3 is 13.9 Å². The highest BCUT2D eigenvalue weighted by Gasteiger charge is 2.52. The van der Waals surface area contributed by atoms with E-state index in [1.165, 1.54) is 45.0 Å². The summed E-state index contributed by atoms with van der Waals surface area (Å²) >= 11 is 0. The van der Waals surface area contributed by atoms with Crippen molar-refractivity contribution < 1.29 is 17.6 Å². The lowest BCUT2D eigenvalue weighted by Gasteiger charge is -2.40. The molecule has 1 unspecified atom stereocenters. The fourth-order valence-corrected chi connectivity index (χ4v) is 11.5. The highest BCUT2D eigenvalue weighted by molar-refractivity contribution is 6.19. The monoisotopic (exact) mass is 830 g/mol. The van der Waals surface area contributed by atoms with E-state index in [-0.39, 0.29) is 0 Å². The Balaban J connectivity index is 1.18. The number of fused-ring (bicyclic) bond motifs is 19. The van der Waals surface area contributed by atoms with Crippen LogP contribution in [0.3, 0.4) is 0 Å². The van der Waals surface area contributed by atoms with Crippen LogP contribution in [0.1, 0.15) is 27.8 Å². The molecule has 0 bridgehead atoms. The van der Waals surface area contributed by atoms with Gasteiger partial charge in [-0.2, -0.15) is 13.2 Å². The molecule has 1 spiro atoms. The average Bonchev–Trinajstić information content (AvgIpc) is 3.99. The molecule has 64 heavy (non-hydrogen) atoms. The van der Waals surface area contributed by atoms with Crippen LogP contribution in [-0.4, -0.2) is 4.57 Å². The van der Waals surface area contributed by atoms with E-state index in [0.717, 1.165) is 77.3 Å². The van der Waals surface area contributed by atoms with Gasteiger partial charge in [-0.25, -0.2) is 0 Å². The zero-order valence-electron chi connectivity index (χ0n) is 34.0. The first kappa shape index (κ1) is 35.5. The first-order valence-electron chi connectivity index (χ1n) is 21.5. The molecule has 2 aliphatic rings. The van der Waals surface area contributed by atoms with Crippen LogP contribution in [0.4, 0.5) is 30.2 Å². The van der Waals surface area contributed by atoms with Crippen LogP contribution >= 0.6 is 0 Å². The zero-order chi connectivity index (χ0) is 42.5. The third kappa shape index (κ3) is 4.46. The number of anilines is 3. The minimum atomic E-state index is -4.50. The largest absolute Gasteiger partial charge is 0.454 e. The molecule has 1 aliphatic heterocycles. The quantitative estimate of drug-likeness (QED) is 0.177. The van der Waals surface area contributed by atoms with Gasteiger partial charge in [-0.1, -0.05) is 146 Å². The number of para-hydroxylation sites is 5. The molecule has 1 atom stereocenters. The Labute approximate surface area is 364 Å². The van der Waals surface area contributed by atoms with Crippen molar-refractivity contribution in [2.75, 3.05) is 4.90 Å². The Bertz CT molecular complexity index is 3970. The first-order valence-corrected chi connectivity index (χ1v) is 21.5. The molecule has 12 aromatic rings. The van der Waals surface area contributed by atoms with Crippen LogP contribution in [-0.2, 0) is 11.6 Å². The highest BCUT2D eigenvalue weighted by Crippen LogP contribution is 2.64. The number of benzene rings is 10. The van der Waals surface area contributed by atoms with Gasteiger partial charge in [0.25, 0.3) is 0 Å². The molecule has 1 aliphatic carbocycles. The summed E-state index contributed by atoms with van der Waals surface area (Å²) in [6, 6.07) is 67.8. The Morgan fingerprint density at radius 1 is 0.453 bits per heavy atom. The van der Waals surface area contributed by atoms with Gasteiger partial charge in [0.05, 0.1) is 39.1 Å². The smallest absolute Gasteiger partial charge is 0.416 e. The van der Waals surface area contributed by atoms with Gasteiger partial charge in [-0.3, -0.25) is 0 Å². The predicted octanol–water partition coefficient (Wildman–Crippen LogP) is 16.2. The number of aromatic nitrogens is 1. The number of rotatable bonds is 3. The van der Waals surface area contributed by atoms with Gasteiger partial charge in [-0.05, 0) is 104 Å². The van der Waals surface area contributed by atoms with Crippen LogP contribution in [0.25, 0.3) is 82.1 Å². The van der Waals surface area contributed by atoms with Crippen LogP contribution in [0.15, 0.2) is 205 Å². The van der Waals surface area contributed by atoms with Crippen molar-refractivity contribution in [3.05, 3.63) is 228 Å². The molecule has 0 N–H and O–H groups in total. The van der Waals surface area contributed by atoms with Crippen molar-refractivity contribution in [2.45, 2.75) is 11.6 Å². The van der Waals surface area contributed by atoms with Gasteiger partial charge in [0.1, 0.15) is 5.58 Å². The Kier molecular flexibility index (Phi) is 6.94. The second-order valence-corrected chi connectivity index (χ2v) is 17.0. The number of hydrogen-bond donors (Lipinski definition) is 0. The van der Waals surface area contributed by atoms with Crippen molar-refractivity contribution in [3.63, 3.8) is 0 Å². The predicted molar refractivity (Wildman–Crippen MR) is 254 cm³/mol. The third-order valence-electron chi connectivity index (χ3n) is 14.0.